The summed E-state index contributed by atoms with van der Waals surface area (Å²) in [5, 5.41) is 0.513. The third-order valence-electron chi connectivity index (χ3n) is 6.54. The maximum Gasteiger partial charge on any atom is 0.264 e. The van der Waals surface area contributed by atoms with E-state index in [1.54, 1.807) is 36.0 Å². The van der Waals surface area contributed by atoms with Crippen molar-refractivity contribution in [3.05, 3.63) is 88.9 Å². The first-order chi connectivity index (χ1) is 17.0. The number of nitrogens with zero attached hydrogens (tertiary/aromatic N) is 2. The Hall–Kier alpha value is -1.70. The Balaban J connectivity index is 0.00000361. The second-order valence-electron chi connectivity index (χ2n) is 8.94. The maximum absolute atomic E-state index is 13.8. The Labute approximate surface area is 231 Å². The van der Waals surface area contributed by atoms with Crippen molar-refractivity contribution in [1.82, 2.24) is 4.90 Å². The summed E-state index contributed by atoms with van der Waals surface area (Å²) < 4.78 is 29.2. The fraction of sp³-hybridized carbons (Fsp3) is 0.357. The lowest BCUT2D eigenvalue weighted by atomic mass is 10.0. The summed E-state index contributed by atoms with van der Waals surface area (Å²) in [6, 6.07) is 22.4. The average molecular weight is 566 g/mol. The number of rotatable bonds is 10. The van der Waals surface area contributed by atoms with Gasteiger partial charge in [0.2, 0.25) is 0 Å². The highest BCUT2D eigenvalue weighted by Gasteiger charge is 2.26. The van der Waals surface area contributed by atoms with Crippen LogP contribution in [0.1, 0.15) is 36.8 Å². The first-order valence-electron chi connectivity index (χ1n) is 12.2. The van der Waals surface area contributed by atoms with Crippen molar-refractivity contribution in [3.63, 3.8) is 0 Å². The molecule has 0 unspecified atom stereocenters. The molecule has 0 atom stereocenters. The molecule has 0 amide bonds. The number of halogens is 2. The van der Waals surface area contributed by atoms with E-state index in [0.717, 1.165) is 29.8 Å². The van der Waals surface area contributed by atoms with E-state index in [4.69, 9.17) is 11.6 Å². The monoisotopic (exact) mass is 564 g/mol. The number of thioether (sulfide) groups is 1. The predicted octanol–water partition coefficient (Wildman–Crippen LogP) is 7.30. The van der Waals surface area contributed by atoms with Crippen LogP contribution < -0.4 is 4.31 Å². The predicted molar refractivity (Wildman–Crippen MR) is 155 cm³/mol. The summed E-state index contributed by atoms with van der Waals surface area (Å²) >= 11 is 7.64. The molecule has 3 aromatic carbocycles. The second kappa shape index (κ2) is 13.7. The molecule has 1 fully saturated rings. The van der Waals surface area contributed by atoms with Gasteiger partial charge in [0.25, 0.3) is 10.0 Å². The molecule has 0 aliphatic carbocycles. The molecule has 36 heavy (non-hydrogen) atoms. The van der Waals surface area contributed by atoms with Crippen LogP contribution in [0, 0.1) is 0 Å². The van der Waals surface area contributed by atoms with Crippen molar-refractivity contribution >= 4 is 51.5 Å². The molecule has 0 radical (unpaired) electrons. The number of piperidine rings is 1. The number of sulfonamides is 1. The van der Waals surface area contributed by atoms with Gasteiger partial charge in [0.1, 0.15) is 0 Å². The highest BCUT2D eigenvalue weighted by molar-refractivity contribution is 7.98. The Morgan fingerprint density at radius 2 is 1.61 bits per heavy atom. The Kier molecular flexibility index (Phi) is 11.0. The lowest BCUT2D eigenvalue weighted by Crippen LogP contribution is -2.31. The van der Waals surface area contributed by atoms with E-state index in [2.05, 4.69) is 17.0 Å². The smallest absolute Gasteiger partial charge is 0.264 e. The van der Waals surface area contributed by atoms with Crippen LogP contribution in [-0.4, -0.2) is 39.2 Å². The second-order valence-corrected chi connectivity index (χ2v) is 12.1. The van der Waals surface area contributed by atoms with Crippen LogP contribution in [0.3, 0.4) is 0 Å². The summed E-state index contributed by atoms with van der Waals surface area (Å²) in [6.07, 6.45) is 7.94. The molecule has 0 saturated carbocycles. The Morgan fingerprint density at radius 3 is 2.31 bits per heavy atom. The van der Waals surface area contributed by atoms with Crippen LogP contribution in [0.5, 0.6) is 0 Å². The van der Waals surface area contributed by atoms with E-state index in [9.17, 15) is 8.42 Å². The van der Waals surface area contributed by atoms with Crippen LogP contribution in [0.15, 0.2) is 82.6 Å². The van der Waals surface area contributed by atoms with Crippen molar-refractivity contribution in [2.24, 2.45) is 0 Å². The minimum absolute atomic E-state index is 0. The van der Waals surface area contributed by atoms with Crippen LogP contribution in [0.25, 0.3) is 0 Å². The van der Waals surface area contributed by atoms with Crippen molar-refractivity contribution < 1.29 is 8.42 Å². The summed E-state index contributed by atoms with van der Waals surface area (Å²) in [5.74, 6) is 0. The molecule has 0 aromatic heterocycles. The van der Waals surface area contributed by atoms with Crippen LogP contribution in [-0.2, 0) is 23.0 Å². The van der Waals surface area contributed by atoms with E-state index in [-0.39, 0.29) is 23.8 Å². The highest BCUT2D eigenvalue weighted by atomic mass is 35.5. The molecular formula is C28H34Cl2N2O2S2. The topological polar surface area (TPSA) is 40.6 Å². The van der Waals surface area contributed by atoms with Crippen LogP contribution >= 0.6 is 35.8 Å². The largest absolute Gasteiger partial charge is 0.303 e. The molecule has 1 saturated heterocycles. The van der Waals surface area contributed by atoms with Crippen molar-refractivity contribution in [2.75, 3.05) is 30.2 Å². The molecule has 0 N–H and O–H groups in total. The van der Waals surface area contributed by atoms with Crippen molar-refractivity contribution in [2.45, 2.75) is 48.4 Å². The minimum Gasteiger partial charge on any atom is -0.303 e. The SMILES string of the molecule is CSc1cccc(N(Cc2ccccc2CCCN2CCCCC2)S(=O)(=O)c2ccc(Cl)cc2)c1.Cl. The normalized spacial score (nSPS) is 14.3. The fourth-order valence-electron chi connectivity index (χ4n) is 4.60. The molecule has 3 aromatic rings. The van der Waals surface area contributed by atoms with Gasteiger partial charge in [0.15, 0.2) is 0 Å². The van der Waals surface area contributed by atoms with E-state index in [0.29, 0.717) is 10.7 Å². The molecule has 1 aliphatic rings. The van der Waals surface area contributed by atoms with Crippen LogP contribution in [0.4, 0.5) is 5.69 Å². The van der Waals surface area contributed by atoms with Gasteiger partial charge in [-0.15, -0.1) is 24.2 Å². The summed E-state index contributed by atoms with van der Waals surface area (Å²) in [6.45, 7) is 3.76. The lowest BCUT2D eigenvalue weighted by molar-refractivity contribution is 0.226. The number of anilines is 1. The Bertz CT molecular complexity index is 1210. The fourth-order valence-corrected chi connectivity index (χ4v) is 6.61. The number of aryl methyl sites for hydroxylation is 1. The molecule has 4 rings (SSSR count). The maximum atomic E-state index is 13.8. The summed E-state index contributed by atoms with van der Waals surface area (Å²) in [5.41, 5.74) is 2.91. The lowest BCUT2D eigenvalue weighted by Gasteiger charge is -2.27. The zero-order chi connectivity index (χ0) is 24.7. The van der Waals surface area contributed by atoms with Crippen molar-refractivity contribution in [3.8, 4) is 0 Å². The van der Waals surface area contributed by atoms with Gasteiger partial charge in [-0.05, 0) is 105 Å². The number of benzene rings is 3. The van der Waals surface area contributed by atoms with Gasteiger partial charge in [-0.25, -0.2) is 8.42 Å². The van der Waals surface area contributed by atoms with E-state index >= 15 is 0 Å². The zero-order valence-electron chi connectivity index (χ0n) is 20.6. The molecule has 1 heterocycles. The van der Waals surface area contributed by atoms with Gasteiger partial charge in [-0.1, -0.05) is 48.4 Å². The van der Waals surface area contributed by atoms with Crippen molar-refractivity contribution in [1.29, 1.82) is 0 Å². The highest BCUT2D eigenvalue weighted by Crippen LogP contribution is 2.30. The van der Waals surface area contributed by atoms with Crippen LogP contribution in [0.2, 0.25) is 5.02 Å². The average Bonchev–Trinajstić information content (AvgIpc) is 2.89. The molecular weight excluding hydrogens is 531 g/mol. The molecule has 0 spiro atoms. The van der Waals surface area contributed by atoms with Gasteiger partial charge in [0, 0.05) is 9.92 Å². The first kappa shape index (κ1) is 28.9. The number of hydrogen-bond acceptors (Lipinski definition) is 4. The number of hydrogen-bond donors (Lipinski definition) is 0. The number of likely N-dealkylation sites (tertiary alicyclic amines) is 1. The quantitative estimate of drug-likeness (QED) is 0.242. The van der Waals surface area contributed by atoms with Gasteiger partial charge in [0.05, 0.1) is 17.1 Å². The van der Waals surface area contributed by atoms with E-state index in [1.165, 1.54) is 42.2 Å². The Morgan fingerprint density at radius 1 is 0.917 bits per heavy atom. The molecule has 194 valence electrons. The first-order valence-corrected chi connectivity index (χ1v) is 15.2. The molecule has 4 nitrogen and oxygen atoms in total. The molecule has 8 heteroatoms. The molecule has 1 aliphatic heterocycles. The van der Waals surface area contributed by atoms with Gasteiger partial charge in [-0.2, -0.15) is 0 Å². The zero-order valence-corrected chi connectivity index (χ0v) is 23.8. The van der Waals surface area contributed by atoms with Gasteiger partial charge >= 0.3 is 0 Å². The third kappa shape index (κ3) is 7.42. The van der Waals surface area contributed by atoms with Gasteiger partial charge in [-0.3, -0.25) is 4.31 Å². The van der Waals surface area contributed by atoms with Gasteiger partial charge < -0.3 is 4.90 Å². The van der Waals surface area contributed by atoms with E-state index < -0.39 is 10.0 Å². The summed E-state index contributed by atoms with van der Waals surface area (Å²) in [7, 11) is -3.79. The summed E-state index contributed by atoms with van der Waals surface area (Å²) in [4.78, 5) is 3.81. The van der Waals surface area contributed by atoms with E-state index in [1.807, 2.05) is 42.7 Å². The standard InChI is InChI=1S/C28H33ClN2O2S2.ClH/c1-34-27-13-7-12-26(21-27)31(35(32,33)28-16-14-25(29)15-17-28)22-24-10-4-3-9-23(24)11-8-20-30-18-5-2-6-19-30;/h3-4,7,9-10,12-17,21H,2,5-6,8,11,18-20,22H2,1H3;1H. The minimum atomic E-state index is -3.79. The third-order valence-corrected chi connectivity index (χ3v) is 9.31. The molecule has 0 bridgehead atoms.